The highest BCUT2D eigenvalue weighted by Gasteiger charge is 2.33. The summed E-state index contributed by atoms with van der Waals surface area (Å²) in [5.74, 6) is -0.500. The van der Waals surface area contributed by atoms with Gasteiger partial charge in [0.05, 0.1) is 30.2 Å². The number of ether oxygens (including phenoxy) is 2. The lowest BCUT2D eigenvalue weighted by molar-refractivity contribution is 0.0679. The van der Waals surface area contributed by atoms with Crippen LogP contribution in [-0.2, 0) is 11.3 Å². The van der Waals surface area contributed by atoms with Crippen LogP contribution < -0.4 is 25.2 Å². The fourth-order valence-corrected chi connectivity index (χ4v) is 4.75. The van der Waals surface area contributed by atoms with Crippen LogP contribution in [0.3, 0.4) is 0 Å². The number of nitrogens with zero attached hydrogens (tertiary/aromatic N) is 5. The molecule has 0 aliphatic carbocycles. The number of aromatic nitrogens is 3. The summed E-state index contributed by atoms with van der Waals surface area (Å²) in [6, 6.07) is 7.22. The molecule has 0 saturated carbocycles. The molecule has 12 nitrogen and oxygen atoms in total. The lowest BCUT2D eigenvalue weighted by atomic mass is 10.1. The van der Waals surface area contributed by atoms with E-state index in [2.05, 4.69) is 30.7 Å². The van der Waals surface area contributed by atoms with Gasteiger partial charge in [0.1, 0.15) is 12.4 Å². The highest BCUT2D eigenvalue weighted by molar-refractivity contribution is 6.09. The van der Waals surface area contributed by atoms with Gasteiger partial charge in [-0.05, 0) is 36.6 Å². The van der Waals surface area contributed by atoms with Crippen molar-refractivity contribution in [2.24, 2.45) is 0 Å². The second-order valence-corrected chi connectivity index (χ2v) is 9.13. The number of benzene rings is 1. The van der Waals surface area contributed by atoms with Gasteiger partial charge >= 0.3 is 17.8 Å². The average Bonchev–Trinajstić information content (AvgIpc) is 3.69. The number of hydrogen-bond donors (Lipinski definition) is 2. The van der Waals surface area contributed by atoms with Crippen molar-refractivity contribution in [3.8, 4) is 5.75 Å². The Labute approximate surface area is 212 Å². The summed E-state index contributed by atoms with van der Waals surface area (Å²) in [5, 5.41) is 14.0. The van der Waals surface area contributed by atoms with Crippen LogP contribution in [0.2, 0.25) is 0 Å². The number of piperazine rings is 1. The third kappa shape index (κ3) is 4.85. The summed E-state index contributed by atoms with van der Waals surface area (Å²) in [6.07, 6.45) is 5.37. The first-order valence-electron chi connectivity index (χ1n) is 12.4. The lowest BCUT2D eigenvalue weighted by Gasteiger charge is -2.30. The quantitative estimate of drug-likeness (QED) is 0.490. The monoisotopic (exact) mass is 505 g/mol. The summed E-state index contributed by atoms with van der Waals surface area (Å²) < 4.78 is 17.0. The van der Waals surface area contributed by atoms with Gasteiger partial charge in [-0.2, -0.15) is 0 Å². The molecule has 12 heteroatoms. The molecule has 2 aromatic heterocycles. The fourth-order valence-electron chi connectivity index (χ4n) is 4.75. The van der Waals surface area contributed by atoms with Crippen LogP contribution in [0.1, 0.15) is 39.4 Å². The van der Waals surface area contributed by atoms with Crippen LogP contribution in [0, 0.1) is 0 Å². The molecule has 1 aromatic carbocycles. The number of amides is 2. The van der Waals surface area contributed by atoms with E-state index in [9.17, 15) is 9.59 Å². The molecule has 2 fully saturated rings. The van der Waals surface area contributed by atoms with Gasteiger partial charge in [0.15, 0.2) is 0 Å². The van der Waals surface area contributed by atoms with E-state index in [-0.39, 0.29) is 30.5 Å². The normalized spacial score (nSPS) is 19.2. The van der Waals surface area contributed by atoms with E-state index in [1.807, 2.05) is 18.2 Å². The molecule has 0 spiro atoms. The highest BCUT2D eigenvalue weighted by Crippen LogP contribution is 2.31. The molecular weight excluding hydrogens is 478 g/mol. The number of carbonyl (C=O) groups is 2. The van der Waals surface area contributed by atoms with Crippen molar-refractivity contribution in [2.45, 2.75) is 25.5 Å². The van der Waals surface area contributed by atoms with Crippen molar-refractivity contribution in [3.63, 3.8) is 0 Å². The third-order valence-corrected chi connectivity index (χ3v) is 6.69. The summed E-state index contributed by atoms with van der Waals surface area (Å²) in [5.41, 5.74) is 2.74. The minimum absolute atomic E-state index is 0.0401. The smallest absolute Gasteiger partial charge is 0.326 e. The SMILES string of the molecule is O=C(Nc1cnccc1N1CCNCC1)c1nnc(N2Cc3ccc(OCC4CCCO4)cc3C2=O)o1. The zero-order valence-corrected chi connectivity index (χ0v) is 20.2. The number of rotatable bonds is 7. The van der Waals surface area contributed by atoms with E-state index in [0.29, 0.717) is 23.6 Å². The second-order valence-electron chi connectivity index (χ2n) is 9.13. The zero-order valence-electron chi connectivity index (χ0n) is 20.2. The first-order chi connectivity index (χ1) is 18.2. The second kappa shape index (κ2) is 10.1. The molecule has 2 amide bonds. The molecule has 1 unspecified atom stereocenters. The van der Waals surface area contributed by atoms with Gasteiger partial charge < -0.3 is 29.4 Å². The molecule has 0 radical (unpaired) electrons. The first-order valence-corrected chi connectivity index (χ1v) is 12.4. The van der Waals surface area contributed by atoms with Crippen molar-refractivity contribution in [1.29, 1.82) is 0 Å². The lowest BCUT2D eigenvalue weighted by Crippen LogP contribution is -2.43. The zero-order chi connectivity index (χ0) is 25.2. The number of fused-ring (bicyclic) bond motifs is 1. The molecule has 37 heavy (non-hydrogen) atoms. The highest BCUT2D eigenvalue weighted by atomic mass is 16.5. The first kappa shape index (κ1) is 23.4. The molecule has 3 aromatic rings. The standard InChI is InChI=1S/C25H27N7O5/c33-22(28-20-13-27-6-5-21(20)31-9-7-26-8-10-31)23-29-30-25(37-23)32-14-16-3-4-17(12-19(16)24(32)34)36-15-18-2-1-11-35-18/h3-6,12-13,18,26H,1-2,7-11,14-15H2,(H,28,33). The Bertz CT molecular complexity index is 1300. The topological polar surface area (TPSA) is 135 Å². The summed E-state index contributed by atoms with van der Waals surface area (Å²) in [7, 11) is 0. The van der Waals surface area contributed by atoms with E-state index in [1.54, 1.807) is 18.5 Å². The van der Waals surface area contributed by atoms with Crippen molar-refractivity contribution < 1.29 is 23.5 Å². The molecule has 1 atom stereocenters. The summed E-state index contributed by atoms with van der Waals surface area (Å²) >= 11 is 0. The van der Waals surface area contributed by atoms with E-state index < -0.39 is 5.91 Å². The Hall–Kier alpha value is -4.03. The molecule has 2 saturated heterocycles. The number of pyridine rings is 1. The van der Waals surface area contributed by atoms with Crippen molar-refractivity contribution >= 4 is 29.2 Å². The van der Waals surface area contributed by atoms with Crippen LogP contribution in [0.4, 0.5) is 17.4 Å². The van der Waals surface area contributed by atoms with Gasteiger partial charge in [0, 0.05) is 44.5 Å². The minimum Gasteiger partial charge on any atom is -0.491 e. The van der Waals surface area contributed by atoms with Gasteiger partial charge in [-0.1, -0.05) is 11.2 Å². The number of carbonyl (C=O) groups excluding carboxylic acids is 2. The maximum absolute atomic E-state index is 13.1. The minimum atomic E-state index is -0.572. The van der Waals surface area contributed by atoms with Crippen LogP contribution in [0.15, 0.2) is 41.1 Å². The van der Waals surface area contributed by atoms with Gasteiger partial charge in [-0.3, -0.25) is 19.5 Å². The average molecular weight is 506 g/mol. The van der Waals surface area contributed by atoms with Crippen molar-refractivity contribution in [3.05, 3.63) is 53.7 Å². The van der Waals surface area contributed by atoms with Crippen molar-refractivity contribution in [1.82, 2.24) is 20.5 Å². The Morgan fingerprint density at radius 3 is 2.95 bits per heavy atom. The number of nitrogens with one attached hydrogen (secondary N) is 2. The Morgan fingerprint density at radius 1 is 1.22 bits per heavy atom. The molecule has 6 rings (SSSR count). The van der Waals surface area contributed by atoms with Gasteiger partial charge in [-0.15, -0.1) is 5.10 Å². The number of anilines is 3. The Morgan fingerprint density at radius 2 is 2.11 bits per heavy atom. The maximum Gasteiger partial charge on any atom is 0.326 e. The van der Waals surface area contributed by atoms with E-state index in [0.717, 1.165) is 56.9 Å². The Balaban J connectivity index is 1.13. The fraction of sp³-hybridized carbons (Fsp3) is 0.400. The van der Waals surface area contributed by atoms with Crippen molar-refractivity contribution in [2.75, 3.05) is 54.5 Å². The molecule has 0 bridgehead atoms. The molecule has 2 N–H and O–H groups in total. The Kier molecular flexibility index (Phi) is 6.41. The van der Waals surface area contributed by atoms with Gasteiger partial charge in [-0.25, -0.2) is 0 Å². The molecule has 192 valence electrons. The van der Waals surface area contributed by atoms with Crippen LogP contribution in [-0.4, -0.2) is 72.5 Å². The van der Waals surface area contributed by atoms with Crippen LogP contribution >= 0.6 is 0 Å². The van der Waals surface area contributed by atoms with Crippen LogP contribution in [0.5, 0.6) is 5.75 Å². The maximum atomic E-state index is 13.1. The third-order valence-electron chi connectivity index (χ3n) is 6.69. The largest absolute Gasteiger partial charge is 0.491 e. The van der Waals surface area contributed by atoms with Gasteiger partial charge in [0.2, 0.25) is 0 Å². The summed E-state index contributed by atoms with van der Waals surface area (Å²) in [4.78, 5) is 33.7. The van der Waals surface area contributed by atoms with E-state index in [1.165, 1.54) is 4.90 Å². The predicted molar refractivity (Wildman–Crippen MR) is 133 cm³/mol. The molecule has 3 aliphatic heterocycles. The number of hydrogen-bond acceptors (Lipinski definition) is 10. The molecule has 5 heterocycles. The molecular formula is C25H27N7O5. The predicted octanol–water partition coefficient (Wildman–Crippen LogP) is 1.84. The van der Waals surface area contributed by atoms with E-state index >= 15 is 0 Å². The van der Waals surface area contributed by atoms with E-state index in [4.69, 9.17) is 13.9 Å². The van der Waals surface area contributed by atoms with Gasteiger partial charge in [0.25, 0.3) is 5.91 Å². The molecule has 3 aliphatic rings. The van der Waals surface area contributed by atoms with Crippen LogP contribution in [0.25, 0.3) is 0 Å². The summed E-state index contributed by atoms with van der Waals surface area (Å²) in [6.45, 7) is 4.82.